The second kappa shape index (κ2) is 9.32. The molecule has 1 N–H and O–H groups in total. The van der Waals surface area contributed by atoms with Crippen LogP contribution in [0.4, 0.5) is 5.95 Å². The number of hydrogen-bond acceptors (Lipinski definition) is 7. The van der Waals surface area contributed by atoms with Crippen molar-refractivity contribution in [1.82, 2.24) is 14.8 Å². The highest BCUT2D eigenvalue weighted by atomic mass is 35.5. The number of esters is 1. The number of anilines is 1. The van der Waals surface area contributed by atoms with E-state index in [9.17, 15) is 4.79 Å². The predicted octanol–water partition coefficient (Wildman–Crippen LogP) is 4.37. The molecule has 166 valence electrons. The number of carbonyl (C=O) groups excluding carboxylic acids is 1. The fraction of sp³-hybridized carbons (Fsp3) is 0.261. The maximum atomic E-state index is 12.8. The number of nitrogens with zero attached hydrogens (tertiary/aromatic N) is 3. The average Bonchev–Trinajstić information content (AvgIpc) is 3.25. The maximum Gasteiger partial charge on any atom is 0.338 e. The van der Waals surface area contributed by atoms with Crippen molar-refractivity contribution in [3.05, 3.63) is 76.2 Å². The van der Waals surface area contributed by atoms with Gasteiger partial charge < -0.3 is 19.5 Å². The van der Waals surface area contributed by atoms with Crippen molar-refractivity contribution in [1.29, 1.82) is 0 Å². The number of allylic oxidation sites excluding steroid dienone is 1. The number of rotatable bonds is 7. The van der Waals surface area contributed by atoms with Crippen molar-refractivity contribution in [2.45, 2.75) is 26.5 Å². The molecule has 0 bridgehead atoms. The first-order valence-electron chi connectivity index (χ1n) is 10.1. The summed E-state index contributed by atoms with van der Waals surface area (Å²) in [5.74, 6) is 1.25. The molecule has 0 saturated heterocycles. The van der Waals surface area contributed by atoms with Crippen molar-refractivity contribution in [2.24, 2.45) is 0 Å². The van der Waals surface area contributed by atoms with Crippen molar-refractivity contribution >= 4 is 23.5 Å². The van der Waals surface area contributed by atoms with E-state index in [4.69, 9.17) is 25.8 Å². The van der Waals surface area contributed by atoms with Crippen LogP contribution in [0.3, 0.4) is 0 Å². The quantitative estimate of drug-likeness (QED) is 0.530. The Balaban J connectivity index is 1.67. The number of ether oxygens (including phenoxy) is 3. The van der Waals surface area contributed by atoms with Gasteiger partial charge in [-0.15, -0.1) is 0 Å². The lowest BCUT2D eigenvalue weighted by Crippen LogP contribution is -2.29. The zero-order valence-corrected chi connectivity index (χ0v) is 18.7. The second-order valence-corrected chi connectivity index (χ2v) is 7.58. The summed E-state index contributed by atoms with van der Waals surface area (Å²) in [6.07, 6.45) is 1.44. The molecule has 0 fully saturated rings. The van der Waals surface area contributed by atoms with Crippen LogP contribution in [0.15, 0.2) is 60.1 Å². The molecule has 0 saturated carbocycles. The van der Waals surface area contributed by atoms with Gasteiger partial charge in [-0.2, -0.15) is 10.1 Å². The highest BCUT2D eigenvalue weighted by Gasteiger charge is 2.34. The molecule has 9 heteroatoms. The van der Waals surface area contributed by atoms with Gasteiger partial charge in [-0.25, -0.2) is 9.48 Å². The number of nitrogens with one attached hydrogen (secondary N) is 1. The number of benzene rings is 2. The molecular formula is C23H23ClN4O4. The van der Waals surface area contributed by atoms with Gasteiger partial charge in [0.2, 0.25) is 5.95 Å². The second-order valence-electron chi connectivity index (χ2n) is 7.14. The van der Waals surface area contributed by atoms with Crippen LogP contribution in [0.25, 0.3) is 0 Å². The molecule has 8 nitrogen and oxygen atoms in total. The summed E-state index contributed by atoms with van der Waals surface area (Å²) < 4.78 is 18.5. The number of halogens is 1. The molecule has 0 spiro atoms. The standard InChI is InChI=1S/C23H23ClN4O4/c1-4-31-22(29)20-14(2)27-23-25-13-26-28(23)21(20)16-7-10-18(19(11-16)30-3)32-12-15-5-8-17(24)9-6-15/h5-11,13,21H,4,12H2,1-3H3,(H,25,26,27)/t21-/m0/s1. The van der Waals surface area contributed by atoms with Gasteiger partial charge in [-0.05, 0) is 49.2 Å². The Bertz CT molecular complexity index is 1160. The first kappa shape index (κ1) is 21.7. The molecule has 1 aliphatic heterocycles. The summed E-state index contributed by atoms with van der Waals surface area (Å²) in [7, 11) is 1.57. The van der Waals surface area contributed by atoms with Crippen LogP contribution >= 0.6 is 11.6 Å². The first-order chi connectivity index (χ1) is 15.5. The normalized spacial score (nSPS) is 15.1. The Morgan fingerprint density at radius 1 is 1.19 bits per heavy atom. The molecular weight excluding hydrogens is 432 g/mol. The number of fused-ring (bicyclic) bond motifs is 1. The van der Waals surface area contributed by atoms with Gasteiger partial charge in [0.1, 0.15) is 19.0 Å². The third kappa shape index (κ3) is 4.27. The number of aromatic nitrogens is 3. The highest BCUT2D eigenvalue weighted by molar-refractivity contribution is 6.30. The van der Waals surface area contributed by atoms with Gasteiger partial charge >= 0.3 is 5.97 Å². The van der Waals surface area contributed by atoms with Gasteiger partial charge in [-0.1, -0.05) is 29.8 Å². The van der Waals surface area contributed by atoms with E-state index in [-0.39, 0.29) is 6.61 Å². The van der Waals surface area contributed by atoms with E-state index in [1.54, 1.807) is 18.7 Å². The Kier molecular flexibility index (Phi) is 6.32. The molecule has 32 heavy (non-hydrogen) atoms. The molecule has 4 rings (SSSR count). The number of hydrogen-bond donors (Lipinski definition) is 1. The Labute approximate surface area is 190 Å². The summed E-state index contributed by atoms with van der Waals surface area (Å²) in [5.41, 5.74) is 2.89. The third-order valence-corrected chi connectivity index (χ3v) is 5.35. The van der Waals surface area contributed by atoms with E-state index in [0.29, 0.717) is 40.3 Å². The molecule has 2 aromatic carbocycles. The van der Waals surface area contributed by atoms with Crippen molar-refractivity contribution < 1.29 is 19.0 Å². The molecule has 0 amide bonds. The maximum absolute atomic E-state index is 12.8. The molecule has 0 radical (unpaired) electrons. The van der Waals surface area contributed by atoms with Gasteiger partial charge in [0.15, 0.2) is 11.5 Å². The Hall–Kier alpha value is -3.52. The van der Waals surface area contributed by atoms with E-state index in [0.717, 1.165) is 11.1 Å². The Morgan fingerprint density at radius 3 is 2.69 bits per heavy atom. The summed E-state index contributed by atoms with van der Waals surface area (Å²) in [4.78, 5) is 17.0. The fourth-order valence-corrected chi connectivity index (χ4v) is 3.71. The van der Waals surface area contributed by atoms with E-state index in [2.05, 4.69) is 15.4 Å². The van der Waals surface area contributed by atoms with Gasteiger partial charge in [-0.3, -0.25) is 0 Å². The van der Waals surface area contributed by atoms with Crippen LogP contribution < -0.4 is 14.8 Å². The highest BCUT2D eigenvalue weighted by Crippen LogP contribution is 2.39. The zero-order chi connectivity index (χ0) is 22.7. The van der Waals surface area contributed by atoms with Crippen LogP contribution in [0.5, 0.6) is 11.5 Å². The van der Waals surface area contributed by atoms with Crippen LogP contribution in [0.2, 0.25) is 5.02 Å². The van der Waals surface area contributed by atoms with Crippen LogP contribution in [0.1, 0.15) is 31.0 Å². The lowest BCUT2D eigenvalue weighted by molar-refractivity contribution is -0.139. The lowest BCUT2D eigenvalue weighted by atomic mass is 9.95. The summed E-state index contributed by atoms with van der Waals surface area (Å²) >= 11 is 5.95. The van der Waals surface area contributed by atoms with Gasteiger partial charge in [0.25, 0.3) is 0 Å². The minimum absolute atomic E-state index is 0.271. The van der Waals surface area contributed by atoms with E-state index in [1.165, 1.54) is 6.33 Å². The molecule has 2 heterocycles. The molecule has 0 unspecified atom stereocenters. The zero-order valence-electron chi connectivity index (χ0n) is 18.0. The van der Waals surface area contributed by atoms with E-state index in [1.807, 2.05) is 49.4 Å². The van der Waals surface area contributed by atoms with Crippen LogP contribution in [-0.2, 0) is 16.1 Å². The molecule has 0 aliphatic carbocycles. The molecule has 1 aliphatic rings. The fourth-order valence-electron chi connectivity index (χ4n) is 3.59. The SMILES string of the molecule is CCOC(=O)C1=C(C)Nc2ncnn2[C@H]1c1ccc(OCc2ccc(Cl)cc2)c(OC)c1. The minimum Gasteiger partial charge on any atom is -0.493 e. The number of methoxy groups -OCH3 is 1. The number of carbonyl (C=O) groups is 1. The van der Waals surface area contributed by atoms with Crippen molar-refractivity contribution in [3.8, 4) is 11.5 Å². The smallest absolute Gasteiger partial charge is 0.338 e. The lowest BCUT2D eigenvalue weighted by Gasteiger charge is -2.28. The van der Waals surface area contributed by atoms with Crippen molar-refractivity contribution in [2.75, 3.05) is 19.0 Å². The minimum atomic E-state index is -0.521. The van der Waals surface area contributed by atoms with Crippen molar-refractivity contribution in [3.63, 3.8) is 0 Å². The van der Waals surface area contributed by atoms with E-state index >= 15 is 0 Å². The predicted molar refractivity (Wildman–Crippen MR) is 120 cm³/mol. The Morgan fingerprint density at radius 2 is 1.97 bits per heavy atom. The molecule has 3 aromatic rings. The summed E-state index contributed by atoms with van der Waals surface area (Å²) in [5, 5.41) is 8.11. The summed E-state index contributed by atoms with van der Waals surface area (Å²) in [6.45, 7) is 4.22. The largest absolute Gasteiger partial charge is 0.493 e. The monoisotopic (exact) mass is 454 g/mol. The van der Waals surface area contributed by atoms with Crippen LogP contribution in [-0.4, -0.2) is 34.5 Å². The third-order valence-electron chi connectivity index (χ3n) is 5.10. The molecule has 1 atom stereocenters. The summed E-state index contributed by atoms with van der Waals surface area (Å²) in [6, 6.07) is 12.5. The molecule has 1 aromatic heterocycles. The van der Waals surface area contributed by atoms with E-state index < -0.39 is 12.0 Å². The van der Waals surface area contributed by atoms with Gasteiger partial charge in [0, 0.05) is 10.7 Å². The topological polar surface area (TPSA) is 87.5 Å². The average molecular weight is 455 g/mol. The first-order valence-corrected chi connectivity index (χ1v) is 10.5. The van der Waals surface area contributed by atoms with Crippen LogP contribution in [0, 0.1) is 0 Å². The van der Waals surface area contributed by atoms with Gasteiger partial charge in [0.05, 0.1) is 19.3 Å².